The lowest BCUT2D eigenvalue weighted by Gasteiger charge is -2.21. The van der Waals surface area contributed by atoms with Crippen molar-refractivity contribution in [3.63, 3.8) is 0 Å². The van der Waals surface area contributed by atoms with Gasteiger partial charge in [0.05, 0.1) is 32.5 Å². The van der Waals surface area contributed by atoms with Gasteiger partial charge in [0.2, 0.25) is 0 Å². The molecule has 0 unspecified atom stereocenters. The Balaban J connectivity index is 1.62. The van der Waals surface area contributed by atoms with Gasteiger partial charge in [-0.2, -0.15) is 0 Å². The molecular formula is C22H25N3O3. The van der Waals surface area contributed by atoms with E-state index in [0.717, 1.165) is 30.0 Å². The molecule has 4 rings (SSSR count). The van der Waals surface area contributed by atoms with E-state index in [9.17, 15) is 5.11 Å². The SMILES string of the molecule is CCOc1ccc(-c2nccn2[C@@H]2COC[C@H]2Cc2ccncc2)cc1CO. The standard InChI is InChI=1S/C22H25N3O3/c1-2-28-21-4-3-17(12-18(21)13-26)22-24-9-10-25(22)20-15-27-14-19(20)11-16-5-7-23-8-6-16/h3-10,12,19-20,26H,2,11,13-15H2,1H3/t19-,20-/m1/s1. The zero-order valence-corrected chi connectivity index (χ0v) is 16.0. The molecule has 0 radical (unpaired) electrons. The molecule has 1 aliphatic heterocycles. The van der Waals surface area contributed by atoms with Crippen LogP contribution in [0.5, 0.6) is 5.75 Å². The maximum absolute atomic E-state index is 9.72. The van der Waals surface area contributed by atoms with Crippen molar-refractivity contribution in [3.05, 3.63) is 66.2 Å². The van der Waals surface area contributed by atoms with Gasteiger partial charge in [-0.25, -0.2) is 4.98 Å². The molecule has 0 spiro atoms. The highest BCUT2D eigenvalue weighted by atomic mass is 16.5. The zero-order valence-electron chi connectivity index (χ0n) is 16.0. The summed E-state index contributed by atoms with van der Waals surface area (Å²) in [5.74, 6) is 1.97. The van der Waals surface area contributed by atoms with E-state index in [1.165, 1.54) is 5.56 Å². The number of aliphatic hydroxyl groups is 1. The maximum Gasteiger partial charge on any atom is 0.140 e. The molecule has 0 amide bonds. The van der Waals surface area contributed by atoms with Gasteiger partial charge in [0.25, 0.3) is 0 Å². The van der Waals surface area contributed by atoms with E-state index in [1.807, 2.05) is 49.9 Å². The van der Waals surface area contributed by atoms with Crippen LogP contribution in [0.3, 0.4) is 0 Å². The van der Waals surface area contributed by atoms with Crippen molar-refractivity contribution >= 4 is 0 Å². The average Bonchev–Trinajstić information content (AvgIpc) is 3.38. The van der Waals surface area contributed by atoms with Crippen LogP contribution in [-0.2, 0) is 17.8 Å². The Morgan fingerprint density at radius 1 is 1.18 bits per heavy atom. The van der Waals surface area contributed by atoms with Crippen LogP contribution >= 0.6 is 0 Å². The molecule has 0 aliphatic carbocycles. The number of aromatic nitrogens is 3. The summed E-state index contributed by atoms with van der Waals surface area (Å²) in [6.45, 7) is 3.84. The molecule has 6 nitrogen and oxygen atoms in total. The van der Waals surface area contributed by atoms with Crippen LogP contribution in [0.1, 0.15) is 24.1 Å². The Bertz CT molecular complexity index is 910. The van der Waals surface area contributed by atoms with Gasteiger partial charge in [0.15, 0.2) is 0 Å². The third-order valence-electron chi connectivity index (χ3n) is 5.23. The molecule has 1 aliphatic rings. The topological polar surface area (TPSA) is 69.4 Å². The van der Waals surface area contributed by atoms with Crippen LogP contribution in [0.4, 0.5) is 0 Å². The Hall–Kier alpha value is -2.70. The van der Waals surface area contributed by atoms with Crippen molar-refractivity contribution < 1.29 is 14.6 Å². The monoisotopic (exact) mass is 379 g/mol. The van der Waals surface area contributed by atoms with Gasteiger partial charge in [-0.3, -0.25) is 4.98 Å². The quantitative estimate of drug-likeness (QED) is 0.682. The van der Waals surface area contributed by atoms with Crippen molar-refractivity contribution in [2.45, 2.75) is 26.0 Å². The molecule has 6 heteroatoms. The van der Waals surface area contributed by atoms with Crippen molar-refractivity contribution in [2.24, 2.45) is 5.92 Å². The number of benzene rings is 1. The summed E-state index contributed by atoms with van der Waals surface area (Å²) >= 11 is 0. The van der Waals surface area contributed by atoms with Gasteiger partial charge in [0.1, 0.15) is 11.6 Å². The molecule has 146 valence electrons. The molecule has 1 fully saturated rings. The first kappa shape index (κ1) is 18.7. The number of aliphatic hydroxyl groups excluding tert-OH is 1. The summed E-state index contributed by atoms with van der Waals surface area (Å²) in [7, 11) is 0. The second-order valence-electron chi connectivity index (χ2n) is 7.00. The number of hydrogen-bond acceptors (Lipinski definition) is 5. The summed E-state index contributed by atoms with van der Waals surface area (Å²) in [6, 6.07) is 10.2. The molecule has 1 N–H and O–H groups in total. The van der Waals surface area contributed by atoms with Gasteiger partial charge in [-0.1, -0.05) is 0 Å². The second kappa shape index (κ2) is 8.54. The normalized spacial score (nSPS) is 19.1. The summed E-state index contributed by atoms with van der Waals surface area (Å²) in [4.78, 5) is 8.70. The minimum absolute atomic E-state index is 0.0684. The lowest BCUT2D eigenvalue weighted by molar-refractivity contribution is 0.181. The van der Waals surface area contributed by atoms with E-state index in [-0.39, 0.29) is 12.6 Å². The average molecular weight is 379 g/mol. The summed E-state index contributed by atoms with van der Waals surface area (Å²) < 4.78 is 13.6. The molecular weight excluding hydrogens is 354 g/mol. The van der Waals surface area contributed by atoms with Crippen molar-refractivity contribution in [3.8, 4) is 17.1 Å². The molecule has 28 heavy (non-hydrogen) atoms. The van der Waals surface area contributed by atoms with Gasteiger partial charge in [-0.05, 0) is 49.2 Å². The van der Waals surface area contributed by atoms with Crippen molar-refractivity contribution in [2.75, 3.05) is 19.8 Å². The Morgan fingerprint density at radius 3 is 2.82 bits per heavy atom. The fourth-order valence-electron chi connectivity index (χ4n) is 3.85. The summed E-state index contributed by atoms with van der Waals surface area (Å²) in [6.07, 6.45) is 8.45. The van der Waals surface area contributed by atoms with Crippen molar-refractivity contribution in [1.29, 1.82) is 0 Å². The van der Waals surface area contributed by atoms with Gasteiger partial charge < -0.3 is 19.1 Å². The predicted octanol–water partition coefficient (Wildman–Crippen LogP) is 3.27. The number of ether oxygens (including phenoxy) is 2. The van der Waals surface area contributed by atoms with E-state index < -0.39 is 0 Å². The van der Waals surface area contributed by atoms with Crippen LogP contribution in [0, 0.1) is 5.92 Å². The Morgan fingerprint density at radius 2 is 2.04 bits per heavy atom. The van der Waals surface area contributed by atoms with Crippen LogP contribution in [0.2, 0.25) is 0 Å². The summed E-state index contributed by atoms with van der Waals surface area (Å²) in [5.41, 5.74) is 3.00. The van der Waals surface area contributed by atoms with Gasteiger partial charge >= 0.3 is 0 Å². The number of nitrogens with zero attached hydrogens (tertiary/aromatic N) is 3. The minimum atomic E-state index is -0.0684. The molecule has 1 saturated heterocycles. The lowest BCUT2D eigenvalue weighted by atomic mass is 9.95. The second-order valence-corrected chi connectivity index (χ2v) is 7.00. The van der Waals surface area contributed by atoms with E-state index in [2.05, 4.69) is 26.7 Å². The maximum atomic E-state index is 9.72. The van der Waals surface area contributed by atoms with Gasteiger partial charge in [-0.15, -0.1) is 0 Å². The molecule has 0 saturated carbocycles. The van der Waals surface area contributed by atoms with Crippen LogP contribution in [0.15, 0.2) is 55.1 Å². The molecule has 2 aromatic heterocycles. The first-order valence-electron chi connectivity index (χ1n) is 9.66. The van der Waals surface area contributed by atoms with E-state index in [4.69, 9.17) is 9.47 Å². The van der Waals surface area contributed by atoms with Crippen LogP contribution < -0.4 is 4.74 Å². The van der Waals surface area contributed by atoms with Crippen molar-refractivity contribution in [1.82, 2.24) is 14.5 Å². The first-order chi connectivity index (χ1) is 13.8. The number of pyridine rings is 1. The fraction of sp³-hybridized carbons (Fsp3) is 0.364. The van der Waals surface area contributed by atoms with Crippen LogP contribution in [0.25, 0.3) is 11.4 Å². The molecule has 1 aromatic carbocycles. The smallest absolute Gasteiger partial charge is 0.140 e. The third kappa shape index (κ3) is 3.79. The fourth-order valence-corrected chi connectivity index (χ4v) is 3.85. The van der Waals surface area contributed by atoms with E-state index in [0.29, 0.717) is 24.9 Å². The van der Waals surface area contributed by atoms with E-state index in [1.54, 1.807) is 0 Å². The first-order valence-corrected chi connectivity index (χ1v) is 9.66. The number of hydrogen-bond donors (Lipinski definition) is 1. The highest BCUT2D eigenvalue weighted by Crippen LogP contribution is 2.34. The van der Waals surface area contributed by atoms with Gasteiger partial charge in [0, 0.05) is 41.8 Å². The highest BCUT2D eigenvalue weighted by molar-refractivity contribution is 5.59. The predicted molar refractivity (Wildman–Crippen MR) is 106 cm³/mol. The highest BCUT2D eigenvalue weighted by Gasteiger charge is 2.31. The Labute approximate surface area is 164 Å². The number of rotatable bonds is 7. The zero-order chi connectivity index (χ0) is 19.3. The third-order valence-corrected chi connectivity index (χ3v) is 5.23. The van der Waals surface area contributed by atoms with E-state index >= 15 is 0 Å². The Kier molecular flexibility index (Phi) is 5.69. The lowest BCUT2D eigenvalue weighted by Crippen LogP contribution is -2.20. The molecule has 2 atom stereocenters. The number of imidazole rings is 1. The minimum Gasteiger partial charge on any atom is -0.494 e. The largest absolute Gasteiger partial charge is 0.494 e. The molecule has 0 bridgehead atoms. The van der Waals surface area contributed by atoms with Crippen LogP contribution in [-0.4, -0.2) is 39.5 Å². The molecule has 3 aromatic rings. The molecule has 3 heterocycles. The summed E-state index contributed by atoms with van der Waals surface area (Å²) in [5, 5.41) is 9.72.